The Morgan fingerprint density at radius 3 is 2.68 bits per heavy atom. The van der Waals surface area contributed by atoms with E-state index in [9.17, 15) is 4.79 Å². The van der Waals surface area contributed by atoms with Crippen LogP contribution in [0.1, 0.15) is 35.8 Å². The molecule has 1 N–H and O–H groups in total. The summed E-state index contributed by atoms with van der Waals surface area (Å²) in [6.45, 7) is 2.17. The van der Waals surface area contributed by atoms with E-state index in [2.05, 4.69) is 22.2 Å². The van der Waals surface area contributed by atoms with E-state index in [4.69, 9.17) is 11.6 Å². The molecule has 0 saturated heterocycles. The van der Waals surface area contributed by atoms with E-state index in [1.165, 1.54) is 36.4 Å². The van der Waals surface area contributed by atoms with E-state index in [-0.39, 0.29) is 16.6 Å². The van der Waals surface area contributed by atoms with E-state index in [1.807, 2.05) is 30.5 Å². The first-order valence-corrected chi connectivity index (χ1v) is 8.71. The van der Waals surface area contributed by atoms with Crippen LogP contribution in [0.2, 0.25) is 5.02 Å². The van der Waals surface area contributed by atoms with Crippen LogP contribution in [-0.4, -0.2) is 22.1 Å². The lowest BCUT2D eigenvalue weighted by molar-refractivity contribution is 0.102. The molecule has 0 aliphatic heterocycles. The summed E-state index contributed by atoms with van der Waals surface area (Å²) in [5, 5.41) is 3.57. The minimum absolute atomic E-state index is 0.191. The Bertz CT molecular complexity index is 646. The maximum Gasteiger partial charge on any atom is 0.275 e. The van der Waals surface area contributed by atoms with Gasteiger partial charge in [-0.15, -0.1) is 0 Å². The summed E-state index contributed by atoms with van der Waals surface area (Å²) in [7, 11) is 0. The van der Waals surface area contributed by atoms with Gasteiger partial charge < -0.3 is 5.32 Å². The SMILES string of the molecule is CCCCc1ccc(NC(=O)c2nc(SC)ncc2Cl)cc1. The first-order chi connectivity index (χ1) is 10.6. The number of hydrogen-bond acceptors (Lipinski definition) is 4. The molecule has 0 atom stereocenters. The maximum absolute atomic E-state index is 12.3. The highest BCUT2D eigenvalue weighted by Gasteiger charge is 2.14. The maximum atomic E-state index is 12.3. The van der Waals surface area contributed by atoms with Crippen LogP contribution < -0.4 is 5.32 Å². The molecule has 2 aromatic rings. The molecule has 2 rings (SSSR count). The highest BCUT2D eigenvalue weighted by Crippen LogP contribution is 2.18. The molecule has 6 heteroatoms. The van der Waals surface area contributed by atoms with Crippen LogP contribution in [0.5, 0.6) is 0 Å². The molecule has 22 heavy (non-hydrogen) atoms. The second-order valence-corrected chi connectivity index (χ2v) is 5.99. The van der Waals surface area contributed by atoms with Crippen LogP contribution in [0, 0.1) is 0 Å². The Hall–Kier alpha value is -1.59. The van der Waals surface area contributed by atoms with Gasteiger partial charge in [-0.25, -0.2) is 9.97 Å². The van der Waals surface area contributed by atoms with Gasteiger partial charge in [-0.2, -0.15) is 0 Å². The minimum atomic E-state index is -0.330. The van der Waals surface area contributed by atoms with Gasteiger partial charge in [0, 0.05) is 5.69 Å². The standard InChI is InChI=1S/C16H18ClN3OS/c1-3-4-5-11-6-8-12(9-7-11)19-15(21)14-13(17)10-18-16(20-14)22-2/h6-10H,3-5H2,1-2H3,(H,19,21). The van der Waals surface area contributed by atoms with Gasteiger partial charge in [0.2, 0.25) is 0 Å². The van der Waals surface area contributed by atoms with Crippen molar-refractivity contribution in [3.05, 3.63) is 46.7 Å². The number of halogens is 1. The quantitative estimate of drug-likeness (QED) is 0.626. The van der Waals surface area contributed by atoms with Crippen molar-refractivity contribution in [2.75, 3.05) is 11.6 Å². The topological polar surface area (TPSA) is 54.9 Å². The second-order valence-electron chi connectivity index (χ2n) is 4.81. The van der Waals surface area contributed by atoms with Crippen molar-refractivity contribution in [3.8, 4) is 0 Å². The first kappa shape index (κ1) is 16.8. The molecule has 116 valence electrons. The van der Waals surface area contributed by atoms with Crippen LogP contribution >= 0.6 is 23.4 Å². The van der Waals surface area contributed by atoms with Crippen LogP contribution in [0.3, 0.4) is 0 Å². The fourth-order valence-electron chi connectivity index (χ4n) is 1.93. The van der Waals surface area contributed by atoms with Gasteiger partial charge in [0.1, 0.15) is 0 Å². The molecule has 1 aromatic carbocycles. The Balaban J connectivity index is 2.08. The van der Waals surface area contributed by atoms with Crippen molar-refractivity contribution in [2.24, 2.45) is 0 Å². The van der Waals surface area contributed by atoms with Crippen LogP contribution in [-0.2, 0) is 6.42 Å². The number of carbonyl (C=O) groups is 1. The van der Waals surface area contributed by atoms with Gasteiger partial charge in [0.25, 0.3) is 5.91 Å². The Labute approximate surface area is 139 Å². The van der Waals surface area contributed by atoms with E-state index in [1.54, 1.807) is 0 Å². The average molecular weight is 336 g/mol. The summed E-state index contributed by atoms with van der Waals surface area (Å²) in [5.74, 6) is -0.330. The summed E-state index contributed by atoms with van der Waals surface area (Å²) < 4.78 is 0. The van der Waals surface area contributed by atoms with E-state index >= 15 is 0 Å². The highest BCUT2D eigenvalue weighted by molar-refractivity contribution is 7.98. The number of benzene rings is 1. The number of aromatic nitrogens is 2. The van der Waals surface area contributed by atoms with Gasteiger partial charge in [-0.1, -0.05) is 48.8 Å². The summed E-state index contributed by atoms with van der Waals surface area (Å²) in [6.07, 6.45) is 6.69. The Morgan fingerprint density at radius 1 is 1.32 bits per heavy atom. The zero-order valence-electron chi connectivity index (χ0n) is 12.6. The van der Waals surface area contributed by atoms with E-state index in [0.29, 0.717) is 5.16 Å². The molecule has 0 radical (unpaired) electrons. The number of rotatable bonds is 6. The van der Waals surface area contributed by atoms with Crippen molar-refractivity contribution in [1.82, 2.24) is 9.97 Å². The smallest absolute Gasteiger partial charge is 0.275 e. The second kappa shape index (κ2) is 8.15. The molecule has 1 aromatic heterocycles. The molecule has 0 aliphatic carbocycles. The number of unbranched alkanes of at least 4 members (excludes halogenated alkanes) is 1. The molecule has 0 aliphatic rings. The molecule has 0 bridgehead atoms. The third-order valence-corrected chi connectivity index (χ3v) is 3.99. The van der Waals surface area contributed by atoms with Gasteiger partial charge >= 0.3 is 0 Å². The van der Waals surface area contributed by atoms with Crippen molar-refractivity contribution in [1.29, 1.82) is 0 Å². The molecule has 0 fully saturated rings. The van der Waals surface area contributed by atoms with E-state index in [0.717, 1.165) is 12.1 Å². The summed E-state index contributed by atoms with van der Waals surface area (Å²) in [4.78, 5) is 20.4. The fraction of sp³-hybridized carbons (Fsp3) is 0.312. The summed E-state index contributed by atoms with van der Waals surface area (Å²) in [5.41, 5.74) is 2.19. The van der Waals surface area contributed by atoms with Crippen LogP contribution in [0.4, 0.5) is 5.69 Å². The molecule has 0 spiro atoms. The Morgan fingerprint density at radius 2 is 2.05 bits per heavy atom. The predicted molar refractivity (Wildman–Crippen MR) is 91.8 cm³/mol. The molecule has 0 saturated carbocycles. The van der Waals surface area contributed by atoms with Crippen molar-refractivity contribution < 1.29 is 4.79 Å². The number of thioether (sulfide) groups is 1. The van der Waals surface area contributed by atoms with Gasteiger partial charge in [0.05, 0.1) is 11.2 Å². The zero-order chi connectivity index (χ0) is 15.9. The number of hydrogen-bond donors (Lipinski definition) is 1. The number of aryl methyl sites for hydroxylation is 1. The van der Waals surface area contributed by atoms with Gasteiger partial charge in [0.15, 0.2) is 10.9 Å². The average Bonchev–Trinajstić information content (AvgIpc) is 2.54. The minimum Gasteiger partial charge on any atom is -0.321 e. The number of amides is 1. The van der Waals surface area contributed by atoms with Crippen LogP contribution in [0.15, 0.2) is 35.6 Å². The molecule has 0 unspecified atom stereocenters. The Kier molecular flexibility index (Phi) is 6.21. The third-order valence-electron chi connectivity index (χ3n) is 3.15. The molecular weight excluding hydrogens is 318 g/mol. The van der Waals surface area contributed by atoms with Crippen LogP contribution in [0.25, 0.3) is 0 Å². The van der Waals surface area contributed by atoms with Crippen molar-refractivity contribution in [2.45, 2.75) is 31.3 Å². The number of anilines is 1. The van der Waals surface area contributed by atoms with Gasteiger partial charge in [-0.05, 0) is 36.8 Å². The molecular formula is C16H18ClN3OS. The lowest BCUT2D eigenvalue weighted by atomic mass is 10.1. The number of nitrogens with one attached hydrogen (secondary N) is 1. The largest absolute Gasteiger partial charge is 0.321 e. The van der Waals surface area contributed by atoms with Crippen molar-refractivity contribution >= 4 is 35.0 Å². The zero-order valence-corrected chi connectivity index (χ0v) is 14.2. The predicted octanol–water partition coefficient (Wildman–Crippen LogP) is 4.45. The first-order valence-electron chi connectivity index (χ1n) is 7.11. The summed E-state index contributed by atoms with van der Waals surface area (Å²) >= 11 is 7.37. The highest BCUT2D eigenvalue weighted by atomic mass is 35.5. The lowest BCUT2D eigenvalue weighted by Crippen LogP contribution is -2.15. The summed E-state index contributed by atoms with van der Waals surface area (Å²) in [6, 6.07) is 7.85. The number of nitrogens with zero attached hydrogens (tertiary/aromatic N) is 2. The third kappa shape index (κ3) is 4.45. The van der Waals surface area contributed by atoms with E-state index < -0.39 is 0 Å². The molecule has 1 amide bonds. The molecule has 4 nitrogen and oxygen atoms in total. The molecule has 1 heterocycles. The van der Waals surface area contributed by atoms with Gasteiger partial charge in [-0.3, -0.25) is 4.79 Å². The monoisotopic (exact) mass is 335 g/mol. The fourth-order valence-corrected chi connectivity index (χ4v) is 2.45. The lowest BCUT2D eigenvalue weighted by Gasteiger charge is -2.08. The normalized spacial score (nSPS) is 10.5. The van der Waals surface area contributed by atoms with Crippen molar-refractivity contribution in [3.63, 3.8) is 0 Å². The number of carbonyl (C=O) groups excluding carboxylic acids is 1.